The molecule has 28 heavy (non-hydrogen) atoms. The summed E-state index contributed by atoms with van der Waals surface area (Å²) in [4.78, 5) is 26.6. The van der Waals surface area contributed by atoms with E-state index in [0.717, 1.165) is 44.2 Å². The van der Waals surface area contributed by atoms with Crippen LogP contribution in [0.25, 0.3) is 0 Å². The van der Waals surface area contributed by atoms with Gasteiger partial charge in [0.25, 0.3) is 5.91 Å². The predicted molar refractivity (Wildman–Crippen MR) is 111 cm³/mol. The number of carbonyl (C=O) groups is 2. The van der Waals surface area contributed by atoms with Crippen LogP contribution in [0.15, 0.2) is 54.6 Å². The number of benzene rings is 2. The number of anilines is 1. The predicted octanol–water partition coefficient (Wildman–Crippen LogP) is 4.83. The Hall–Kier alpha value is -2.62. The standard InChI is InChI=1S/C24H28N2O2/c1-26(22-15-11-18(12-16-22)17-5-3-2-4-6-17)24(28)20-9-13-21(14-10-20)25-23(27)19-7-8-19/h2-6,9-10,13-14,18-19,22H,7-8,11-12,15-16H2,1H3,(H,25,27). The fourth-order valence-electron chi connectivity index (χ4n) is 4.18. The van der Waals surface area contributed by atoms with E-state index in [0.29, 0.717) is 17.5 Å². The van der Waals surface area contributed by atoms with Crippen molar-refractivity contribution in [2.24, 2.45) is 5.92 Å². The van der Waals surface area contributed by atoms with Crippen molar-refractivity contribution in [3.8, 4) is 0 Å². The molecule has 2 aromatic carbocycles. The van der Waals surface area contributed by atoms with Crippen molar-refractivity contribution >= 4 is 17.5 Å². The molecule has 2 aliphatic carbocycles. The SMILES string of the molecule is CN(C(=O)c1ccc(NC(=O)C2CC2)cc1)C1CCC(c2ccccc2)CC1. The van der Waals surface area contributed by atoms with E-state index < -0.39 is 0 Å². The largest absolute Gasteiger partial charge is 0.339 e. The topological polar surface area (TPSA) is 49.4 Å². The first-order valence-corrected chi connectivity index (χ1v) is 10.3. The summed E-state index contributed by atoms with van der Waals surface area (Å²) >= 11 is 0. The van der Waals surface area contributed by atoms with Gasteiger partial charge in [0.1, 0.15) is 0 Å². The van der Waals surface area contributed by atoms with Crippen LogP contribution in [0.1, 0.15) is 60.4 Å². The zero-order chi connectivity index (χ0) is 19.5. The van der Waals surface area contributed by atoms with Gasteiger partial charge in [-0.3, -0.25) is 9.59 Å². The monoisotopic (exact) mass is 376 g/mol. The molecule has 0 bridgehead atoms. The molecule has 0 spiro atoms. The minimum absolute atomic E-state index is 0.0585. The molecular weight excluding hydrogens is 348 g/mol. The summed E-state index contributed by atoms with van der Waals surface area (Å²) in [6.07, 6.45) is 6.30. The number of rotatable bonds is 5. The summed E-state index contributed by atoms with van der Waals surface area (Å²) in [5.74, 6) is 0.934. The van der Waals surface area contributed by atoms with Gasteiger partial charge in [0, 0.05) is 30.3 Å². The Balaban J connectivity index is 1.32. The molecule has 2 aliphatic rings. The van der Waals surface area contributed by atoms with Crippen LogP contribution >= 0.6 is 0 Å². The van der Waals surface area contributed by atoms with Gasteiger partial charge in [0.05, 0.1) is 0 Å². The summed E-state index contributed by atoms with van der Waals surface area (Å²) in [6.45, 7) is 0. The Kier molecular flexibility index (Phi) is 5.47. The van der Waals surface area contributed by atoms with Gasteiger partial charge >= 0.3 is 0 Å². The average Bonchev–Trinajstić information content (AvgIpc) is 3.60. The number of amides is 2. The van der Waals surface area contributed by atoms with Crippen LogP contribution in [-0.4, -0.2) is 29.8 Å². The van der Waals surface area contributed by atoms with E-state index in [2.05, 4.69) is 35.6 Å². The molecule has 2 fully saturated rings. The Morgan fingerprint density at radius 2 is 1.50 bits per heavy atom. The number of carbonyl (C=O) groups excluding carboxylic acids is 2. The molecule has 0 atom stereocenters. The van der Waals surface area contributed by atoms with Crippen LogP contribution < -0.4 is 5.32 Å². The first-order chi connectivity index (χ1) is 13.6. The van der Waals surface area contributed by atoms with Gasteiger partial charge in [-0.1, -0.05) is 30.3 Å². The molecule has 2 saturated carbocycles. The number of hydrogen-bond donors (Lipinski definition) is 1. The summed E-state index contributed by atoms with van der Waals surface area (Å²) in [6, 6.07) is 18.3. The second kappa shape index (κ2) is 8.17. The van der Waals surface area contributed by atoms with E-state index in [1.165, 1.54) is 5.56 Å². The van der Waals surface area contributed by atoms with Crippen molar-refractivity contribution in [2.45, 2.75) is 50.5 Å². The van der Waals surface area contributed by atoms with Gasteiger partial charge in [-0.2, -0.15) is 0 Å². The van der Waals surface area contributed by atoms with Gasteiger partial charge in [-0.15, -0.1) is 0 Å². The van der Waals surface area contributed by atoms with Crippen molar-refractivity contribution in [1.29, 1.82) is 0 Å². The summed E-state index contributed by atoms with van der Waals surface area (Å²) in [7, 11) is 1.92. The molecule has 4 nitrogen and oxygen atoms in total. The molecule has 0 radical (unpaired) electrons. The van der Waals surface area contributed by atoms with E-state index in [4.69, 9.17) is 0 Å². The lowest BCUT2D eigenvalue weighted by molar-refractivity contribution is -0.117. The lowest BCUT2D eigenvalue weighted by atomic mass is 9.81. The molecular formula is C24H28N2O2. The Bertz CT molecular complexity index is 819. The van der Waals surface area contributed by atoms with Gasteiger partial charge < -0.3 is 10.2 Å². The highest BCUT2D eigenvalue weighted by molar-refractivity contribution is 5.96. The zero-order valence-corrected chi connectivity index (χ0v) is 16.4. The molecule has 0 heterocycles. The molecule has 0 unspecified atom stereocenters. The molecule has 0 aliphatic heterocycles. The summed E-state index contributed by atoms with van der Waals surface area (Å²) in [5, 5.41) is 2.92. The highest BCUT2D eigenvalue weighted by atomic mass is 16.2. The normalized spacial score (nSPS) is 21.8. The van der Waals surface area contributed by atoms with Crippen LogP contribution in [0.3, 0.4) is 0 Å². The Labute approximate surface area is 166 Å². The highest BCUT2D eigenvalue weighted by Gasteiger charge is 2.30. The third-order valence-corrected chi connectivity index (χ3v) is 6.18. The van der Waals surface area contributed by atoms with E-state index >= 15 is 0 Å². The number of nitrogens with one attached hydrogen (secondary N) is 1. The van der Waals surface area contributed by atoms with Crippen molar-refractivity contribution in [2.75, 3.05) is 12.4 Å². The van der Waals surface area contributed by atoms with Crippen molar-refractivity contribution < 1.29 is 9.59 Å². The van der Waals surface area contributed by atoms with Crippen molar-refractivity contribution in [1.82, 2.24) is 4.90 Å². The quantitative estimate of drug-likeness (QED) is 0.812. The second-order valence-corrected chi connectivity index (χ2v) is 8.17. The van der Waals surface area contributed by atoms with E-state index in [-0.39, 0.29) is 17.7 Å². The minimum Gasteiger partial charge on any atom is -0.339 e. The maximum atomic E-state index is 12.9. The van der Waals surface area contributed by atoms with Crippen LogP contribution in [0, 0.1) is 5.92 Å². The fourth-order valence-corrected chi connectivity index (χ4v) is 4.18. The molecule has 146 valence electrons. The van der Waals surface area contributed by atoms with Gasteiger partial charge in [-0.25, -0.2) is 0 Å². The lowest BCUT2D eigenvalue weighted by Gasteiger charge is -2.35. The third-order valence-electron chi connectivity index (χ3n) is 6.18. The van der Waals surface area contributed by atoms with E-state index in [1.807, 2.05) is 36.2 Å². The first-order valence-electron chi connectivity index (χ1n) is 10.3. The molecule has 0 aromatic heterocycles. The lowest BCUT2D eigenvalue weighted by Crippen LogP contribution is -2.39. The van der Waals surface area contributed by atoms with Gasteiger partial charge in [0.15, 0.2) is 0 Å². The minimum atomic E-state index is 0.0585. The molecule has 2 aromatic rings. The maximum absolute atomic E-state index is 12.9. The second-order valence-electron chi connectivity index (χ2n) is 8.17. The van der Waals surface area contributed by atoms with E-state index in [1.54, 1.807) is 0 Å². The Morgan fingerprint density at radius 1 is 0.857 bits per heavy atom. The molecule has 2 amide bonds. The third kappa shape index (κ3) is 4.27. The summed E-state index contributed by atoms with van der Waals surface area (Å²) < 4.78 is 0. The van der Waals surface area contributed by atoms with Crippen molar-refractivity contribution in [3.05, 3.63) is 65.7 Å². The number of nitrogens with zero attached hydrogens (tertiary/aromatic N) is 1. The van der Waals surface area contributed by atoms with Gasteiger partial charge in [-0.05, 0) is 74.3 Å². The van der Waals surface area contributed by atoms with Crippen LogP contribution in [0.2, 0.25) is 0 Å². The van der Waals surface area contributed by atoms with Crippen LogP contribution in [0.4, 0.5) is 5.69 Å². The van der Waals surface area contributed by atoms with Crippen molar-refractivity contribution in [3.63, 3.8) is 0 Å². The molecule has 0 saturated heterocycles. The molecule has 1 N–H and O–H groups in total. The molecule has 4 heteroatoms. The average molecular weight is 377 g/mol. The van der Waals surface area contributed by atoms with Crippen LogP contribution in [0.5, 0.6) is 0 Å². The Morgan fingerprint density at radius 3 is 2.11 bits per heavy atom. The maximum Gasteiger partial charge on any atom is 0.253 e. The fraction of sp³-hybridized carbons (Fsp3) is 0.417. The highest BCUT2D eigenvalue weighted by Crippen LogP contribution is 2.35. The first kappa shape index (κ1) is 18.7. The van der Waals surface area contributed by atoms with E-state index in [9.17, 15) is 9.59 Å². The zero-order valence-electron chi connectivity index (χ0n) is 16.4. The summed E-state index contributed by atoms with van der Waals surface area (Å²) in [5.41, 5.74) is 2.86. The smallest absolute Gasteiger partial charge is 0.253 e. The molecule has 4 rings (SSSR count). The van der Waals surface area contributed by atoms with Gasteiger partial charge in [0.2, 0.25) is 5.91 Å². The van der Waals surface area contributed by atoms with Crippen LogP contribution in [-0.2, 0) is 4.79 Å². The number of hydrogen-bond acceptors (Lipinski definition) is 2.